The van der Waals surface area contributed by atoms with Crippen molar-refractivity contribution in [2.75, 3.05) is 20.3 Å². The number of carbonyl (C=O) groups is 2. The summed E-state index contributed by atoms with van der Waals surface area (Å²) in [6.07, 6.45) is 5.83. The standard InChI is InChI=1S/C18H25N5O3/c1-12(2)6-15(23-17(24)11-26-3)10-20-18(25)16-5-4-13(7-19-16)14-8-21-22-9-14/h4-5,7-9,12,15H,6,10-11H2,1-3H3,(H,20,25)(H,21,22)(H,23,24)/t15-/m0/s1. The van der Waals surface area contributed by atoms with Gasteiger partial charge in [-0.25, -0.2) is 0 Å². The number of H-pyrrole nitrogens is 1. The molecule has 0 saturated heterocycles. The van der Waals surface area contributed by atoms with Crippen LogP contribution in [0.5, 0.6) is 0 Å². The zero-order valence-corrected chi connectivity index (χ0v) is 15.3. The summed E-state index contributed by atoms with van der Waals surface area (Å²) < 4.78 is 4.83. The SMILES string of the molecule is COCC(=O)N[C@H](CNC(=O)c1ccc(-c2cn[nH]c2)cn1)CC(C)C. The largest absolute Gasteiger partial charge is 0.375 e. The number of nitrogens with zero attached hydrogens (tertiary/aromatic N) is 2. The Labute approximate surface area is 152 Å². The third-order valence-electron chi connectivity index (χ3n) is 3.73. The van der Waals surface area contributed by atoms with Crippen LogP contribution in [-0.4, -0.2) is 53.3 Å². The number of rotatable bonds is 9. The Kier molecular flexibility index (Phi) is 7.28. The number of hydrogen-bond donors (Lipinski definition) is 3. The lowest BCUT2D eigenvalue weighted by atomic mass is 10.0. The van der Waals surface area contributed by atoms with Gasteiger partial charge in [0.25, 0.3) is 5.91 Å². The molecule has 0 spiro atoms. The van der Waals surface area contributed by atoms with Gasteiger partial charge < -0.3 is 15.4 Å². The third-order valence-corrected chi connectivity index (χ3v) is 3.73. The summed E-state index contributed by atoms with van der Waals surface area (Å²) in [5.74, 6) is -0.0967. The normalized spacial score (nSPS) is 12.0. The van der Waals surface area contributed by atoms with Crippen LogP contribution < -0.4 is 10.6 Å². The summed E-state index contributed by atoms with van der Waals surface area (Å²) in [5, 5.41) is 12.3. The molecule has 0 bridgehead atoms. The zero-order valence-electron chi connectivity index (χ0n) is 15.3. The Hall–Kier alpha value is -2.74. The van der Waals surface area contributed by atoms with Crippen LogP contribution in [0.1, 0.15) is 30.8 Å². The van der Waals surface area contributed by atoms with Gasteiger partial charge >= 0.3 is 0 Å². The zero-order chi connectivity index (χ0) is 18.9. The van der Waals surface area contributed by atoms with Crippen LogP contribution in [0.2, 0.25) is 0 Å². The van der Waals surface area contributed by atoms with Crippen molar-refractivity contribution in [2.24, 2.45) is 5.92 Å². The molecule has 0 unspecified atom stereocenters. The molecule has 8 heteroatoms. The number of pyridine rings is 1. The van der Waals surface area contributed by atoms with Gasteiger partial charge in [0, 0.05) is 43.2 Å². The third kappa shape index (κ3) is 5.96. The molecule has 0 saturated carbocycles. The summed E-state index contributed by atoms with van der Waals surface area (Å²) in [7, 11) is 1.47. The Bertz CT molecular complexity index is 698. The smallest absolute Gasteiger partial charge is 0.269 e. The van der Waals surface area contributed by atoms with Gasteiger partial charge in [-0.2, -0.15) is 5.10 Å². The van der Waals surface area contributed by atoms with Gasteiger partial charge in [-0.3, -0.25) is 19.7 Å². The number of aromatic nitrogens is 3. The second-order valence-corrected chi connectivity index (χ2v) is 6.46. The van der Waals surface area contributed by atoms with Crippen LogP contribution in [0.4, 0.5) is 0 Å². The van der Waals surface area contributed by atoms with Crippen molar-refractivity contribution >= 4 is 11.8 Å². The molecule has 2 aromatic rings. The molecular formula is C18H25N5O3. The van der Waals surface area contributed by atoms with Crippen LogP contribution >= 0.6 is 0 Å². The van der Waals surface area contributed by atoms with E-state index in [1.165, 1.54) is 7.11 Å². The predicted molar refractivity (Wildman–Crippen MR) is 97.4 cm³/mol. The minimum atomic E-state index is -0.279. The van der Waals surface area contributed by atoms with Gasteiger partial charge in [-0.15, -0.1) is 0 Å². The lowest BCUT2D eigenvalue weighted by molar-refractivity contribution is -0.125. The maximum Gasteiger partial charge on any atom is 0.269 e. The second kappa shape index (κ2) is 9.67. The number of aromatic amines is 1. The van der Waals surface area contributed by atoms with E-state index in [0.29, 0.717) is 18.2 Å². The van der Waals surface area contributed by atoms with E-state index in [4.69, 9.17) is 4.74 Å². The van der Waals surface area contributed by atoms with Gasteiger partial charge in [0.1, 0.15) is 12.3 Å². The van der Waals surface area contributed by atoms with Crippen LogP contribution in [0, 0.1) is 5.92 Å². The Morgan fingerprint density at radius 3 is 2.62 bits per heavy atom. The molecule has 0 radical (unpaired) electrons. The highest BCUT2D eigenvalue weighted by Crippen LogP contribution is 2.16. The molecule has 0 aromatic carbocycles. The summed E-state index contributed by atoms with van der Waals surface area (Å²) in [6, 6.07) is 3.32. The van der Waals surface area contributed by atoms with Crippen molar-refractivity contribution in [3.8, 4) is 11.1 Å². The monoisotopic (exact) mass is 359 g/mol. The number of carbonyl (C=O) groups excluding carboxylic acids is 2. The number of methoxy groups -OCH3 is 1. The van der Waals surface area contributed by atoms with Crippen molar-refractivity contribution in [1.29, 1.82) is 0 Å². The highest BCUT2D eigenvalue weighted by Gasteiger charge is 2.16. The number of hydrogen-bond acceptors (Lipinski definition) is 5. The first kappa shape index (κ1) is 19.6. The van der Waals surface area contributed by atoms with E-state index in [1.54, 1.807) is 24.7 Å². The van der Waals surface area contributed by atoms with Crippen molar-refractivity contribution in [2.45, 2.75) is 26.3 Å². The van der Waals surface area contributed by atoms with Crippen LogP contribution in [0.25, 0.3) is 11.1 Å². The molecule has 2 heterocycles. The average Bonchev–Trinajstić information content (AvgIpc) is 3.14. The van der Waals surface area contributed by atoms with E-state index < -0.39 is 0 Å². The van der Waals surface area contributed by atoms with Crippen molar-refractivity contribution in [3.63, 3.8) is 0 Å². The fraction of sp³-hybridized carbons (Fsp3) is 0.444. The molecule has 2 amide bonds. The first-order valence-corrected chi connectivity index (χ1v) is 8.51. The molecule has 1 atom stereocenters. The van der Waals surface area contributed by atoms with E-state index in [1.807, 2.05) is 6.07 Å². The van der Waals surface area contributed by atoms with Gasteiger partial charge in [-0.05, 0) is 18.4 Å². The van der Waals surface area contributed by atoms with Crippen molar-refractivity contribution in [3.05, 3.63) is 36.4 Å². The minimum absolute atomic E-state index is 0.000426. The number of nitrogens with one attached hydrogen (secondary N) is 3. The van der Waals surface area contributed by atoms with E-state index in [-0.39, 0.29) is 24.5 Å². The summed E-state index contributed by atoms with van der Waals surface area (Å²) in [4.78, 5) is 28.2. The van der Waals surface area contributed by atoms with E-state index >= 15 is 0 Å². The highest BCUT2D eigenvalue weighted by molar-refractivity contribution is 5.92. The van der Waals surface area contributed by atoms with Gasteiger partial charge in [0.2, 0.25) is 5.91 Å². The molecule has 0 aliphatic heterocycles. The minimum Gasteiger partial charge on any atom is -0.375 e. The molecule has 2 aromatic heterocycles. The molecule has 26 heavy (non-hydrogen) atoms. The van der Waals surface area contributed by atoms with Crippen molar-refractivity contribution < 1.29 is 14.3 Å². The number of amides is 2. The molecule has 0 fully saturated rings. The molecule has 3 N–H and O–H groups in total. The summed E-state index contributed by atoms with van der Waals surface area (Å²) in [5.41, 5.74) is 2.10. The average molecular weight is 359 g/mol. The van der Waals surface area contributed by atoms with Crippen molar-refractivity contribution in [1.82, 2.24) is 25.8 Å². The van der Waals surface area contributed by atoms with E-state index in [9.17, 15) is 9.59 Å². The van der Waals surface area contributed by atoms with E-state index in [2.05, 4.69) is 39.7 Å². The predicted octanol–water partition coefficient (Wildman–Crippen LogP) is 1.38. The molecule has 140 valence electrons. The Morgan fingerprint density at radius 2 is 2.04 bits per heavy atom. The molecular weight excluding hydrogens is 334 g/mol. The Morgan fingerprint density at radius 1 is 1.23 bits per heavy atom. The fourth-order valence-electron chi connectivity index (χ4n) is 2.58. The maximum absolute atomic E-state index is 12.3. The summed E-state index contributed by atoms with van der Waals surface area (Å²) >= 11 is 0. The Balaban J connectivity index is 1.92. The first-order valence-electron chi connectivity index (χ1n) is 8.51. The second-order valence-electron chi connectivity index (χ2n) is 6.46. The molecule has 2 rings (SSSR count). The highest BCUT2D eigenvalue weighted by atomic mass is 16.5. The molecule has 0 aliphatic rings. The molecule has 8 nitrogen and oxygen atoms in total. The van der Waals surface area contributed by atoms with Crippen LogP contribution in [-0.2, 0) is 9.53 Å². The lowest BCUT2D eigenvalue weighted by Crippen LogP contribution is -2.45. The topological polar surface area (TPSA) is 109 Å². The first-order chi connectivity index (χ1) is 12.5. The van der Waals surface area contributed by atoms with Gasteiger partial charge in [0.15, 0.2) is 0 Å². The van der Waals surface area contributed by atoms with Gasteiger partial charge in [0.05, 0.1) is 6.20 Å². The summed E-state index contributed by atoms with van der Waals surface area (Å²) in [6.45, 7) is 4.46. The quantitative estimate of drug-likeness (QED) is 0.627. The fourth-order valence-corrected chi connectivity index (χ4v) is 2.58. The van der Waals surface area contributed by atoms with E-state index in [0.717, 1.165) is 17.5 Å². The van der Waals surface area contributed by atoms with Crippen LogP contribution in [0.3, 0.4) is 0 Å². The maximum atomic E-state index is 12.3. The molecule has 0 aliphatic carbocycles. The van der Waals surface area contributed by atoms with Crippen LogP contribution in [0.15, 0.2) is 30.7 Å². The number of ether oxygens (including phenoxy) is 1. The lowest BCUT2D eigenvalue weighted by Gasteiger charge is -2.21. The van der Waals surface area contributed by atoms with Gasteiger partial charge in [-0.1, -0.05) is 19.9 Å².